The Morgan fingerprint density at radius 2 is 2.28 bits per heavy atom. The van der Waals surface area contributed by atoms with E-state index in [1.807, 2.05) is 31.3 Å². The molecule has 98 valence electrons. The Balaban J connectivity index is 2.32. The maximum Gasteiger partial charge on any atom is 0.244 e. The Bertz CT molecular complexity index is 424. The molecule has 0 radical (unpaired) electrons. The monoisotopic (exact) mass is 267 g/mol. The Labute approximate surface area is 112 Å². The largest absolute Gasteiger partial charge is 0.357 e. The van der Waals surface area contributed by atoms with Crippen LogP contribution in [0.5, 0.6) is 0 Å². The van der Waals surface area contributed by atoms with Gasteiger partial charge >= 0.3 is 0 Å². The van der Waals surface area contributed by atoms with E-state index in [-0.39, 0.29) is 11.9 Å². The Morgan fingerprint density at radius 3 is 3.00 bits per heavy atom. The summed E-state index contributed by atoms with van der Waals surface area (Å²) in [6.07, 6.45) is 0.928. The third-order valence-corrected chi connectivity index (χ3v) is 3.43. The minimum atomic E-state index is -0.211. The Hall–Kier alpha value is -1.26. The number of likely N-dealkylation sites (N-methyl/N-ethyl adjacent to an activating group) is 1. The fourth-order valence-corrected chi connectivity index (χ4v) is 2.49. The third kappa shape index (κ3) is 2.76. The van der Waals surface area contributed by atoms with Crippen molar-refractivity contribution in [2.75, 3.05) is 31.6 Å². The predicted octanol–water partition coefficient (Wildman–Crippen LogP) is 1.25. The van der Waals surface area contributed by atoms with Crippen molar-refractivity contribution in [1.82, 2.24) is 10.6 Å². The molecule has 1 aliphatic heterocycles. The quantitative estimate of drug-likeness (QED) is 0.867. The van der Waals surface area contributed by atoms with E-state index in [0.717, 1.165) is 25.2 Å². The lowest BCUT2D eigenvalue weighted by atomic mass is 10.2. The first-order valence-corrected chi connectivity index (χ1v) is 6.55. The zero-order valence-electron chi connectivity index (χ0n) is 10.4. The number of nitrogens with zero attached hydrogens (tertiary/aromatic N) is 1. The molecule has 18 heavy (non-hydrogen) atoms. The molecule has 1 amide bonds. The minimum absolute atomic E-state index is 0.0572. The molecule has 1 aromatic rings. The van der Waals surface area contributed by atoms with Gasteiger partial charge < -0.3 is 15.5 Å². The van der Waals surface area contributed by atoms with Gasteiger partial charge in [0.05, 0.1) is 10.7 Å². The summed E-state index contributed by atoms with van der Waals surface area (Å²) in [5.74, 6) is 0.0572. The molecule has 1 saturated heterocycles. The van der Waals surface area contributed by atoms with Gasteiger partial charge in [0.2, 0.25) is 5.91 Å². The summed E-state index contributed by atoms with van der Waals surface area (Å²) in [4.78, 5) is 14.1. The summed E-state index contributed by atoms with van der Waals surface area (Å²) in [6.45, 7) is 2.16. The highest BCUT2D eigenvalue weighted by Gasteiger charge is 2.28. The van der Waals surface area contributed by atoms with Crippen LogP contribution in [0.4, 0.5) is 5.69 Å². The fourth-order valence-electron chi connectivity index (χ4n) is 2.25. The van der Waals surface area contributed by atoms with Crippen molar-refractivity contribution < 1.29 is 4.79 Å². The Kier molecular flexibility index (Phi) is 4.44. The number of rotatable bonds is 3. The molecule has 0 spiro atoms. The second-order valence-electron chi connectivity index (χ2n) is 4.36. The topological polar surface area (TPSA) is 44.4 Å². The van der Waals surface area contributed by atoms with E-state index in [1.165, 1.54) is 0 Å². The average molecular weight is 268 g/mol. The van der Waals surface area contributed by atoms with Crippen LogP contribution in [0.15, 0.2) is 24.3 Å². The van der Waals surface area contributed by atoms with E-state index in [2.05, 4.69) is 15.5 Å². The van der Waals surface area contributed by atoms with Gasteiger partial charge in [0.1, 0.15) is 6.04 Å². The summed E-state index contributed by atoms with van der Waals surface area (Å²) in [5.41, 5.74) is 0.927. The number of benzene rings is 1. The van der Waals surface area contributed by atoms with Gasteiger partial charge in [-0.3, -0.25) is 4.79 Å². The first kappa shape index (κ1) is 13.2. The van der Waals surface area contributed by atoms with E-state index in [1.54, 1.807) is 0 Å². The normalized spacial score (nSPS) is 20.4. The van der Waals surface area contributed by atoms with Crippen LogP contribution in [0.3, 0.4) is 0 Å². The molecule has 1 unspecified atom stereocenters. The molecule has 2 rings (SSSR count). The number of carbonyl (C=O) groups is 1. The molecular formula is C13H18ClN3O. The van der Waals surface area contributed by atoms with Crippen LogP contribution >= 0.6 is 11.6 Å². The van der Waals surface area contributed by atoms with Crippen molar-refractivity contribution in [2.45, 2.75) is 12.5 Å². The molecule has 1 fully saturated rings. The van der Waals surface area contributed by atoms with Crippen molar-refractivity contribution in [3.63, 3.8) is 0 Å². The van der Waals surface area contributed by atoms with Crippen molar-refractivity contribution in [1.29, 1.82) is 0 Å². The molecular weight excluding hydrogens is 250 g/mol. The molecule has 1 aliphatic rings. The maximum atomic E-state index is 12.1. The van der Waals surface area contributed by atoms with Crippen LogP contribution in [-0.4, -0.2) is 38.6 Å². The first-order chi connectivity index (χ1) is 8.74. The van der Waals surface area contributed by atoms with E-state index in [0.29, 0.717) is 11.6 Å². The number of nitrogens with one attached hydrogen (secondary N) is 2. The molecule has 0 aromatic heterocycles. The highest BCUT2D eigenvalue weighted by molar-refractivity contribution is 6.33. The van der Waals surface area contributed by atoms with Crippen LogP contribution in [0, 0.1) is 0 Å². The summed E-state index contributed by atoms with van der Waals surface area (Å²) < 4.78 is 0. The van der Waals surface area contributed by atoms with Crippen LogP contribution in [0.25, 0.3) is 0 Å². The van der Waals surface area contributed by atoms with Crippen molar-refractivity contribution in [3.8, 4) is 0 Å². The summed E-state index contributed by atoms with van der Waals surface area (Å²) in [7, 11) is 1.85. The van der Waals surface area contributed by atoms with Gasteiger partial charge in [-0.25, -0.2) is 0 Å². The van der Waals surface area contributed by atoms with Gasteiger partial charge in [-0.1, -0.05) is 23.7 Å². The summed E-state index contributed by atoms with van der Waals surface area (Å²) in [5, 5.41) is 6.69. The molecule has 1 heterocycles. The number of hydrogen-bond acceptors (Lipinski definition) is 3. The smallest absolute Gasteiger partial charge is 0.244 e. The van der Waals surface area contributed by atoms with Crippen LogP contribution in [-0.2, 0) is 4.79 Å². The average Bonchev–Trinajstić information content (AvgIpc) is 2.54. The molecule has 2 N–H and O–H groups in total. The molecule has 1 aromatic carbocycles. The van der Waals surface area contributed by atoms with Gasteiger partial charge in [-0.15, -0.1) is 0 Å². The lowest BCUT2D eigenvalue weighted by Gasteiger charge is -2.31. The highest BCUT2D eigenvalue weighted by Crippen LogP contribution is 2.27. The predicted molar refractivity (Wildman–Crippen MR) is 74.1 cm³/mol. The maximum absolute atomic E-state index is 12.1. The molecule has 0 bridgehead atoms. The summed E-state index contributed by atoms with van der Waals surface area (Å²) >= 11 is 6.23. The molecule has 5 heteroatoms. The van der Waals surface area contributed by atoms with Crippen molar-refractivity contribution in [2.24, 2.45) is 0 Å². The fraction of sp³-hybridized carbons (Fsp3) is 0.462. The van der Waals surface area contributed by atoms with E-state index >= 15 is 0 Å². The minimum Gasteiger partial charge on any atom is -0.357 e. The SMILES string of the molecule is CNCC1C(=O)NCCCN1c1ccccc1Cl. The molecule has 0 aliphatic carbocycles. The van der Waals surface area contributed by atoms with E-state index in [4.69, 9.17) is 11.6 Å². The van der Waals surface area contributed by atoms with Gasteiger partial charge in [-0.05, 0) is 25.6 Å². The number of carbonyl (C=O) groups excluding carboxylic acids is 1. The number of amides is 1. The zero-order valence-corrected chi connectivity index (χ0v) is 11.2. The van der Waals surface area contributed by atoms with Crippen molar-refractivity contribution >= 4 is 23.2 Å². The van der Waals surface area contributed by atoms with E-state index < -0.39 is 0 Å². The van der Waals surface area contributed by atoms with E-state index in [9.17, 15) is 4.79 Å². The standard InChI is InChI=1S/C13H18ClN3O/c1-15-9-12-13(18)16-7-4-8-17(12)11-6-3-2-5-10(11)14/h2-3,5-6,12,15H,4,7-9H2,1H3,(H,16,18). The molecule has 4 nitrogen and oxygen atoms in total. The molecule has 0 saturated carbocycles. The van der Waals surface area contributed by atoms with Crippen LogP contribution in [0.1, 0.15) is 6.42 Å². The lowest BCUT2D eigenvalue weighted by Crippen LogP contribution is -2.49. The van der Waals surface area contributed by atoms with Crippen molar-refractivity contribution in [3.05, 3.63) is 29.3 Å². The highest BCUT2D eigenvalue weighted by atomic mass is 35.5. The van der Waals surface area contributed by atoms with Gasteiger partial charge in [0, 0.05) is 19.6 Å². The van der Waals surface area contributed by atoms with Gasteiger partial charge in [-0.2, -0.15) is 0 Å². The summed E-state index contributed by atoms with van der Waals surface area (Å²) in [6, 6.07) is 7.45. The number of anilines is 1. The zero-order chi connectivity index (χ0) is 13.0. The second kappa shape index (κ2) is 6.07. The van der Waals surface area contributed by atoms with Crippen LogP contribution < -0.4 is 15.5 Å². The number of para-hydroxylation sites is 1. The first-order valence-electron chi connectivity index (χ1n) is 6.17. The second-order valence-corrected chi connectivity index (χ2v) is 4.77. The lowest BCUT2D eigenvalue weighted by molar-refractivity contribution is -0.121. The Morgan fingerprint density at radius 1 is 1.50 bits per heavy atom. The molecule has 1 atom stereocenters. The number of halogens is 1. The van der Waals surface area contributed by atoms with Gasteiger partial charge in [0.25, 0.3) is 0 Å². The van der Waals surface area contributed by atoms with Gasteiger partial charge in [0.15, 0.2) is 0 Å². The third-order valence-electron chi connectivity index (χ3n) is 3.11. The number of hydrogen-bond donors (Lipinski definition) is 2. The van der Waals surface area contributed by atoms with Crippen LogP contribution in [0.2, 0.25) is 5.02 Å².